The van der Waals surface area contributed by atoms with Gasteiger partial charge in [0.1, 0.15) is 5.69 Å². The molecule has 0 unspecified atom stereocenters. The fourth-order valence-corrected chi connectivity index (χ4v) is 2.77. The highest BCUT2D eigenvalue weighted by atomic mass is 35.5. The van der Waals surface area contributed by atoms with Crippen LogP contribution in [0.2, 0.25) is 5.02 Å². The number of hydrogen-bond acceptors (Lipinski definition) is 5. The Hall–Kier alpha value is -1.99. The number of halogens is 1. The Morgan fingerprint density at radius 3 is 2.65 bits per heavy atom. The summed E-state index contributed by atoms with van der Waals surface area (Å²) >= 11 is 5.88. The molecule has 2 atom stereocenters. The number of ketones is 1. The summed E-state index contributed by atoms with van der Waals surface area (Å²) in [6.07, 6.45) is 3.86. The van der Waals surface area contributed by atoms with E-state index in [1.807, 2.05) is 20.8 Å². The monoisotopic (exact) mass is 383 g/mol. The zero-order chi connectivity index (χ0) is 19.7. The summed E-state index contributed by atoms with van der Waals surface area (Å²) in [7, 11) is 0. The second kappa shape index (κ2) is 10.9. The lowest BCUT2D eigenvalue weighted by molar-refractivity contribution is -0.154. The number of carbonyl (C=O) groups excluding carboxylic acids is 3. The minimum atomic E-state index is -0.759. The Morgan fingerprint density at radius 2 is 2.12 bits per heavy atom. The van der Waals surface area contributed by atoms with Crippen molar-refractivity contribution in [2.24, 2.45) is 11.8 Å². The summed E-state index contributed by atoms with van der Waals surface area (Å²) in [5.74, 6) is -1.45. The van der Waals surface area contributed by atoms with E-state index in [2.05, 4.69) is 10.3 Å². The quantitative estimate of drug-likeness (QED) is 0.347. The van der Waals surface area contributed by atoms with E-state index >= 15 is 0 Å². The van der Waals surface area contributed by atoms with Crippen LogP contribution in [0.5, 0.6) is 0 Å². The van der Waals surface area contributed by atoms with Gasteiger partial charge in [-0.2, -0.15) is 0 Å². The highest BCUT2D eigenvalue weighted by Crippen LogP contribution is 2.17. The van der Waals surface area contributed by atoms with Crippen molar-refractivity contribution >= 4 is 29.7 Å². The third-order valence-corrected chi connectivity index (χ3v) is 4.29. The summed E-state index contributed by atoms with van der Waals surface area (Å²) in [4.78, 5) is 40.1. The van der Waals surface area contributed by atoms with Crippen molar-refractivity contribution in [1.29, 1.82) is 0 Å². The molecule has 0 saturated carbocycles. The van der Waals surface area contributed by atoms with E-state index in [9.17, 15) is 19.6 Å². The van der Waals surface area contributed by atoms with Crippen molar-refractivity contribution in [3.63, 3.8) is 0 Å². The molecule has 1 aromatic rings. The fraction of sp³-hybridized carbons (Fsp3) is 0.556. The van der Waals surface area contributed by atoms with Crippen LogP contribution in [0.25, 0.3) is 0 Å². The minimum absolute atomic E-state index is 0.100. The molecule has 1 aromatic heterocycles. The van der Waals surface area contributed by atoms with Crippen LogP contribution in [0.1, 0.15) is 50.5 Å². The first-order valence-corrected chi connectivity index (χ1v) is 9.04. The van der Waals surface area contributed by atoms with Crippen LogP contribution in [0.15, 0.2) is 18.3 Å². The Morgan fingerprint density at radius 1 is 1.42 bits per heavy atom. The molecule has 2 amide bonds. The smallest absolute Gasteiger partial charge is 0.270 e. The average molecular weight is 384 g/mol. The molecule has 0 aliphatic rings. The van der Waals surface area contributed by atoms with Gasteiger partial charge in [-0.3, -0.25) is 24.6 Å². The van der Waals surface area contributed by atoms with Gasteiger partial charge in [0, 0.05) is 17.1 Å². The van der Waals surface area contributed by atoms with Crippen molar-refractivity contribution in [2.45, 2.75) is 46.1 Å². The van der Waals surface area contributed by atoms with Crippen LogP contribution in [0, 0.1) is 11.8 Å². The Labute approximate surface area is 158 Å². The van der Waals surface area contributed by atoms with E-state index in [0.717, 1.165) is 12.8 Å². The van der Waals surface area contributed by atoms with Crippen molar-refractivity contribution in [2.75, 3.05) is 6.54 Å². The van der Waals surface area contributed by atoms with Gasteiger partial charge in [0.05, 0.1) is 12.6 Å². The van der Waals surface area contributed by atoms with Gasteiger partial charge in [0.2, 0.25) is 6.41 Å². The molecule has 1 rings (SSSR count). The number of pyridine rings is 1. The summed E-state index contributed by atoms with van der Waals surface area (Å²) < 4.78 is 0. The lowest BCUT2D eigenvalue weighted by Crippen LogP contribution is -2.48. The van der Waals surface area contributed by atoms with Crippen molar-refractivity contribution in [3.8, 4) is 0 Å². The first-order chi connectivity index (χ1) is 12.3. The van der Waals surface area contributed by atoms with Crippen molar-refractivity contribution < 1.29 is 19.6 Å². The number of hydrogen-bond donors (Lipinski definition) is 2. The molecule has 0 saturated heterocycles. The van der Waals surface area contributed by atoms with Gasteiger partial charge in [-0.1, -0.05) is 45.2 Å². The molecule has 0 radical (unpaired) electrons. The molecule has 0 spiro atoms. The molecule has 0 aromatic carbocycles. The first kappa shape index (κ1) is 22.1. The van der Waals surface area contributed by atoms with Gasteiger partial charge < -0.3 is 5.32 Å². The summed E-state index contributed by atoms with van der Waals surface area (Å²) in [5, 5.41) is 13.0. The van der Waals surface area contributed by atoms with Crippen LogP contribution >= 0.6 is 11.6 Å². The van der Waals surface area contributed by atoms with Crippen molar-refractivity contribution in [1.82, 2.24) is 15.4 Å². The Balaban J connectivity index is 2.95. The number of nitrogens with one attached hydrogen (secondary N) is 1. The van der Waals surface area contributed by atoms with Gasteiger partial charge in [0.25, 0.3) is 5.91 Å². The summed E-state index contributed by atoms with van der Waals surface area (Å²) in [5.41, 5.74) is 0.123. The molecule has 0 aliphatic carbocycles. The molecule has 8 heteroatoms. The third kappa shape index (κ3) is 6.72. The molecule has 7 nitrogen and oxygen atoms in total. The van der Waals surface area contributed by atoms with Gasteiger partial charge in [-0.15, -0.1) is 0 Å². The number of Topliss-reactive ketones (excluding diaryl/α,β-unsaturated/α-hetero) is 1. The van der Waals surface area contributed by atoms with Crippen LogP contribution in [-0.2, 0) is 9.59 Å². The predicted octanol–water partition coefficient (Wildman–Crippen LogP) is 2.71. The van der Waals surface area contributed by atoms with Crippen molar-refractivity contribution in [3.05, 3.63) is 29.0 Å². The molecule has 1 heterocycles. The van der Waals surface area contributed by atoms with E-state index in [1.54, 1.807) is 6.07 Å². The van der Waals surface area contributed by atoms with Crippen LogP contribution < -0.4 is 5.32 Å². The van der Waals surface area contributed by atoms with E-state index in [1.165, 1.54) is 12.3 Å². The largest absolute Gasteiger partial charge is 0.341 e. The SMILES string of the molecule is CCCC[C@H](CN(O)C=O)C(=O)[C@@H](NC(=O)c1cc(Cl)ccn1)C(C)C. The Bertz CT molecular complexity index is 624. The second-order valence-corrected chi connectivity index (χ2v) is 6.96. The van der Waals surface area contributed by atoms with Crippen LogP contribution in [0.4, 0.5) is 0 Å². The van der Waals surface area contributed by atoms with E-state index < -0.39 is 17.9 Å². The zero-order valence-corrected chi connectivity index (χ0v) is 16.1. The van der Waals surface area contributed by atoms with Crippen LogP contribution in [-0.4, -0.2) is 45.9 Å². The standard InChI is InChI=1S/C18H26ClN3O4/c1-4-5-6-13(10-22(26)11-23)17(24)16(12(2)3)21-18(25)15-9-14(19)7-8-20-15/h7-9,11-13,16,26H,4-6,10H2,1-3H3,(H,21,25)/t13-,16+/m1/s1. The molecule has 0 bridgehead atoms. The second-order valence-electron chi connectivity index (χ2n) is 6.52. The highest BCUT2D eigenvalue weighted by Gasteiger charge is 2.31. The van der Waals surface area contributed by atoms with Gasteiger partial charge in [0.15, 0.2) is 5.78 Å². The molecule has 144 valence electrons. The summed E-state index contributed by atoms with van der Waals surface area (Å²) in [6, 6.07) is 2.22. The maximum atomic E-state index is 13.0. The first-order valence-electron chi connectivity index (χ1n) is 8.67. The minimum Gasteiger partial charge on any atom is -0.341 e. The summed E-state index contributed by atoms with van der Waals surface area (Å²) in [6.45, 7) is 5.53. The van der Waals surface area contributed by atoms with Crippen LogP contribution in [0.3, 0.4) is 0 Å². The molecule has 26 heavy (non-hydrogen) atoms. The molecular formula is C18H26ClN3O4. The fourth-order valence-electron chi connectivity index (χ4n) is 2.61. The number of rotatable bonds is 11. The third-order valence-electron chi connectivity index (χ3n) is 4.05. The van der Waals surface area contributed by atoms with Gasteiger partial charge in [-0.25, -0.2) is 5.06 Å². The average Bonchev–Trinajstić information content (AvgIpc) is 2.61. The maximum absolute atomic E-state index is 13.0. The van der Waals surface area contributed by atoms with E-state index in [-0.39, 0.29) is 30.3 Å². The Kier molecular flexibility index (Phi) is 9.23. The number of nitrogens with zero attached hydrogens (tertiary/aromatic N) is 2. The highest BCUT2D eigenvalue weighted by molar-refractivity contribution is 6.30. The van der Waals surface area contributed by atoms with E-state index in [0.29, 0.717) is 16.5 Å². The topological polar surface area (TPSA) is 99.6 Å². The molecule has 2 N–H and O–H groups in total. The molecular weight excluding hydrogens is 358 g/mol. The zero-order valence-electron chi connectivity index (χ0n) is 15.3. The normalized spacial score (nSPS) is 13.2. The van der Waals surface area contributed by atoms with E-state index in [4.69, 9.17) is 11.6 Å². The van der Waals surface area contributed by atoms with Gasteiger partial charge in [-0.05, 0) is 24.5 Å². The number of unbranched alkanes of at least 4 members (excludes halogenated alkanes) is 1. The van der Waals surface area contributed by atoms with Gasteiger partial charge >= 0.3 is 0 Å². The number of carbonyl (C=O) groups is 3. The predicted molar refractivity (Wildman–Crippen MR) is 97.9 cm³/mol. The number of hydroxylamine groups is 2. The number of aromatic nitrogens is 1. The molecule has 0 fully saturated rings. The lowest BCUT2D eigenvalue weighted by atomic mass is 9.87. The lowest BCUT2D eigenvalue weighted by Gasteiger charge is -2.27. The maximum Gasteiger partial charge on any atom is 0.270 e. The molecule has 0 aliphatic heterocycles. The number of amides is 2.